The molecule has 0 bridgehead atoms. The topological polar surface area (TPSA) is 129 Å². The molecular formula is C14H20N6O3S. The molecule has 2 unspecified atom stereocenters. The van der Waals surface area contributed by atoms with E-state index >= 15 is 0 Å². The number of amides is 2. The third-order valence-corrected chi connectivity index (χ3v) is 5.43. The van der Waals surface area contributed by atoms with Gasteiger partial charge in [0.2, 0.25) is 0 Å². The summed E-state index contributed by atoms with van der Waals surface area (Å²) in [5.41, 5.74) is 1.23. The Bertz CT molecular complexity index is 828. The molecule has 1 aliphatic heterocycles. The van der Waals surface area contributed by atoms with Crippen molar-refractivity contribution >= 4 is 32.9 Å². The van der Waals surface area contributed by atoms with Crippen molar-refractivity contribution in [3.63, 3.8) is 0 Å². The van der Waals surface area contributed by atoms with Crippen LogP contribution in [0.5, 0.6) is 0 Å². The van der Waals surface area contributed by atoms with E-state index in [0.717, 1.165) is 25.6 Å². The Morgan fingerprint density at radius 1 is 1.46 bits per heavy atom. The van der Waals surface area contributed by atoms with E-state index in [1.54, 1.807) is 12.3 Å². The highest BCUT2D eigenvalue weighted by atomic mass is 32.2. The average molecular weight is 352 g/mol. The van der Waals surface area contributed by atoms with Gasteiger partial charge in [0.05, 0.1) is 6.20 Å². The highest BCUT2D eigenvalue weighted by molar-refractivity contribution is 7.91. The highest BCUT2D eigenvalue weighted by Crippen LogP contribution is 2.18. The smallest absolute Gasteiger partial charge is 0.321 e. The molecule has 3 heterocycles. The molecule has 3 rings (SSSR count). The normalized spacial score (nSPS) is 19.8. The van der Waals surface area contributed by atoms with E-state index in [9.17, 15) is 13.2 Å². The lowest BCUT2D eigenvalue weighted by atomic mass is 9.99. The van der Waals surface area contributed by atoms with Gasteiger partial charge in [0.25, 0.3) is 0 Å². The van der Waals surface area contributed by atoms with E-state index in [2.05, 4.69) is 30.9 Å². The first-order valence-corrected chi connectivity index (χ1v) is 9.66. The van der Waals surface area contributed by atoms with Crippen LogP contribution >= 0.6 is 0 Å². The molecule has 2 aromatic rings. The van der Waals surface area contributed by atoms with Crippen molar-refractivity contribution in [1.29, 1.82) is 0 Å². The summed E-state index contributed by atoms with van der Waals surface area (Å²) in [6.07, 6.45) is 5.88. The maximum atomic E-state index is 12.2. The molecule has 1 aliphatic rings. The summed E-state index contributed by atoms with van der Waals surface area (Å²) in [5, 5.41) is 7.34. The molecule has 0 radical (unpaired) electrons. The van der Waals surface area contributed by atoms with E-state index in [-0.39, 0.29) is 11.7 Å². The second-order valence-corrected chi connectivity index (χ2v) is 8.09. The van der Waals surface area contributed by atoms with E-state index in [1.165, 1.54) is 6.20 Å². The molecule has 2 atom stereocenters. The number of aromatic amines is 1. The van der Waals surface area contributed by atoms with Gasteiger partial charge >= 0.3 is 6.03 Å². The number of anilines is 1. The number of hydrogen-bond acceptors (Lipinski definition) is 6. The van der Waals surface area contributed by atoms with Crippen molar-refractivity contribution in [3.05, 3.63) is 18.5 Å². The number of aromatic nitrogens is 3. The summed E-state index contributed by atoms with van der Waals surface area (Å²) < 4.78 is 24.1. The van der Waals surface area contributed by atoms with Gasteiger partial charge in [-0.05, 0) is 25.5 Å². The van der Waals surface area contributed by atoms with Crippen molar-refractivity contribution in [2.45, 2.75) is 18.2 Å². The summed E-state index contributed by atoms with van der Waals surface area (Å²) in [6, 6.07) is 1.12. The predicted octanol–water partition coefficient (Wildman–Crippen LogP) is 0.450. The summed E-state index contributed by atoms with van der Waals surface area (Å²) >= 11 is 0. The number of fused-ring (bicyclic) bond motifs is 1. The third-order valence-electron chi connectivity index (χ3n) is 4.00. The average Bonchev–Trinajstić information content (AvgIpc) is 3.00. The van der Waals surface area contributed by atoms with Crippen molar-refractivity contribution in [3.8, 4) is 0 Å². The van der Waals surface area contributed by atoms with Crippen molar-refractivity contribution in [2.75, 3.05) is 24.7 Å². The second kappa shape index (κ2) is 6.73. The first-order valence-electron chi connectivity index (χ1n) is 7.71. The van der Waals surface area contributed by atoms with Gasteiger partial charge < -0.3 is 15.6 Å². The lowest BCUT2D eigenvalue weighted by Gasteiger charge is -2.30. The number of rotatable bonds is 4. The Labute approximate surface area is 139 Å². The number of nitrogens with zero attached hydrogens (tertiary/aromatic N) is 2. The number of piperidine rings is 1. The van der Waals surface area contributed by atoms with Crippen molar-refractivity contribution in [2.24, 2.45) is 5.92 Å². The molecule has 0 saturated carbocycles. The molecule has 10 heteroatoms. The number of urea groups is 1. The van der Waals surface area contributed by atoms with E-state index in [0.29, 0.717) is 17.7 Å². The molecule has 0 spiro atoms. The van der Waals surface area contributed by atoms with Crippen LogP contribution in [0.4, 0.5) is 10.6 Å². The van der Waals surface area contributed by atoms with Crippen LogP contribution in [-0.4, -0.2) is 54.1 Å². The van der Waals surface area contributed by atoms with Crippen LogP contribution in [0, 0.1) is 5.92 Å². The van der Waals surface area contributed by atoms with Gasteiger partial charge in [-0.25, -0.2) is 23.2 Å². The largest absolute Gasteiger partial charge is 0.345 e. The number of carbonyl (C=O) groups is 1. The van der Waals surface area contributed by atoms with Gasteiger partial charge in [-0.2, -0.15) is 0 Å². The van der Waals surface area contributed by atoms with Gasteiger partial charge in [0.1, 0.15) is 10.9 Å². The fraction of sp³-hybridized carbons (Fsp3) is 0.500. The zero-order valence-corrected chi connectivity index (χ0v) is 14.1. The number of hydrogen-bond donors (Lipinski definition) is 4. The van der Waals surface area contributed by atoms with Crippen LogP contribution in [0.3, 0.4) is 0 Å². The van der Waals surface area contributed by atoms with Crippen molar-refractivity contribution < 1.29 is 13.2 Å². The minimum absolute atomic E-state index is 0.155. The number of carbonyl (C=O) groups excluding carboxylic acids is 1. The molecule has 2 amide bonds. The maximum Gasteiger partial charge on any atom is 0.321 e. The fourth-order valence-electron chi connectivity index (χ4n) is 2.88. The quantitative estimate of drug-likeness (QED) is 0.632. The SMILES string of the molecule is CS(=O)(=O)C(NC(=O)Nc1cnc2[nH]ccc2n1)C1CCCNC1. The lowest BCUT2D eigenvalue weighted by Crippen LogP contribution is -2.51. The molecule has 0 aliphatic carbocycles. The highest BCUT2D eigenvalue weighted by Gasteiger charge is 2.32. The first kappa shape index (κ1) is 16.7. The van der Waals surface area contributed by atoms with Crippen LogP contribution in [-0.2, 0) is 9.84 Å². The van der Waals surface area contributed by atoms with Gasteiger partial charge in [0, 0.05) is 24.9 Å². The maximum absolute atomic E-state index is 12.2. The summed E-state index contributed by atoms with van der Waals surface area (Å²) in [4.78, 5) is 23.5. The van der Waals surface area contributed by atoms with Gasteiger partial charge in [0.15, 0.2) is 21.3 Å². The number of nitrogens with one attached hydrogen (secondary N) is 4. The minimum Gasteiger partial charge on any atom is -0.345 e. The molecule has 24 heavy (non-hydrogen) atoms. The zero-order chi connectivity index (χ0) is 17.2. The van der Waals surface area contributed by atoms with E-state index in [1.807, 2.05) is 0 Å². The second-order valence-electron chi connectivity index (χ2n) is 5.92. The molecule has 4 N–H and O–H groups in total. The first-order chi connectivity index (χ1) is 11.4. The number of H-pyrrole nitrogens is 1. The molecule has 9 nitrogen and oxygen atoms in total. The minimum atomic E-state index is -3.43. The summed E-state index contributed by atoms with van der Waals surface area (Å²) in [5.74, 6) is 0.103. The predicted molar refractivity (Wildman–Crippen MR) is 90.3 cm³/mol. The molecule has 130 valence electrons. The standard InChI is InChI=1S/C14H20N6O3S/c1-24(22,23)13(9-3-2-5-15-7-9)20-14(21)19-11-8-17-12-10(18-11)4-6-16-12/h4,6,8-9,13,15H,2-3,5,7H2,1H3,(H,16,17)(H2,18,19,20,21). The Balaban J connectivity index is 1.70. The van der Waals surface area contributed by atoms with E-state index in [4.69, 9.17) is 0 Å². The third kappa shape index (κ3) is 3.82. The molecule has 1 fully saturated rings. The lowest BCUT2D eigenvalue weighted by molar-refractivity contribution is 0.244. The zero-order valence-electron chi connectivity index (χ0n) is 13.2. The van der Waals surface area contributed by atoms with Crippen LogP contribution in [0.2, 0.25) is 0 Å². The van der Waals surface area contributed by atoms with Crippen LogP contribution in [0.25, 0.3) is 11.2 Å². The van der Waals surface area contributed by atoms with Crippen LogP contribution in [0.15, 0.2) is 18.5 Å². The molecule has 1 saturated heterocycles. The Hall–Kier alpha value is -2.20. The Morgan fingerprint density at radius 2 is 2.29 bits per heavy atom. The molecular weight excluding hydrogens is 332 g/mol. The number of sulfone groups is 1. The van der Waals surface area contributed by atoms with Crippen molar-refractivity contribution in [1.82, 2.24) is 25.6 Å². The van der Waals surface area contributed by atoms with Gasteiger partial charge in [-0.3, -0.25) is 5.32 Å². The van der Waals surface area contributed by atoms with Crippen LogP contribution < -0.4 is 16.0 Å². The van der Waals surface area contributed by atoms with Gasteiger partial charge in [-0.15, -0.1) is 0 Å². The fourth-order valence-corrected chi connectivity index (χ4v) is 4.14. The van der Waals surface area contributed by atoms with Crippen LogP contribution in [0.1, 0.15) is 12.8 Å². The Morgan fingerprint density at radius 3 is 3.00 bits per heavy atom. The Kier molecular flexibility index (Phi) is 4.67. The molecule has 0 aromatic carbocycles. The van der Waals surface area contributed by atoms with E-state index < -0.39 is 21.2 Å². The monoisotopic (exact) mass is 352 g/mol. The summed E-state index contributed by atoms with van der Waals surface area (Å²) in [6.45, 7) is 1.43. The summed E-state index contributed by atoms with van der Waals surface area (Å²) in [7, 11) is -3.43. The van der Waals surface area contributed by atoms with Gasteiger partial charge in [-0.1, -0.05) is 0 Å². The molecule has 2 aromatic heterocycles.